The number of benzene rings is 1. The molecule has 0 aliphatic carbocycles. The number of hydrogen-bond donors (Lipinski definition) is 0. The summed E-state index contributed by atoms with van der Waals surface area (Å²) in [6.07, 6.45) is 4.90. The van der Waals surface area contributed by atoms with Crippen LogP contribution in [-0.4, -0.2) is 68.1 Å². The van der Waals surface area contributed by atoms with Crippen LogP contribution in [0.2, 0.25) is 0 Å². The van der Waals surface area contributed by atoms with Crippen LogP contribution in [0.15, 0.2) is 30.6 Å². The summed E-state index contributed by atoms with van der Waals surface area (Å²) in [6, 6.07) is 5.64. The SMILES string of the molecule is COCOc1c(-c2ccc3nn(C4CCN(C(=O)OC(C)(C)C)CC4)cc3n2)cc2cn(C)nc2c1F. The van der Waals surface area contributed by atoms with E-state index in [0.717, 1.165) is 18.4 Å². The molecule has 1 saturated heterocycles. The maximum Gasteiger partial charge on any atom is 0.410 e. The highest BCUT2D eigenvalue weighted by Crippen LogP contribution is 2.37. The molecular weight excluding hydrogens is 479 g/mol. The van der Waals surface area contributed by atoms with Gasteiger partial charge in [-0.05, 0) is 51.8 Å². The number of piperidine rings is 1. The first kappa shape index (κ1) is 24.9. The molecular formula is C26H31FN6O4. The molecule has 0 saturated carbocycles. The second-order valence-corrected chi connectivity index (χ2v) is 10.3. The van der Waals surface area contributed by atoms with Crippen LogP contribution in [-0.2, 0) is 16.5 Å². The van der Waals surface area contributed by atoms with Crippen molar-refractivity contribution in [2.24, 2.45) is 7.05 Å². The smallest absolute Gasteiger partial charge is 0.410 e. The number of pyridine rings is 1. The van der Waals surface area contributed by atoms with Crippen LogP contribution in [0.3, 0.4) is 0 Å². The van der Waals surface area contributed by atoms with Gasteiger partial charge in [-0.2, -0.15) is 10.2 Å². The molecule has 1 aromatic carbocycles. The molecule has 37 heavy (non-hydrogen) atoms. The summed E-state index contributed by atoms with van der Waals surface area (Å²) < 4.78 is 35.0. The maximum absolute atomic E-state index is 15.4. The standard InChI is InChI=1S/C26H31FN6O4/c1-26(2,3)37-25(34)32-10-8-17(9-11-32)33-14-21-20(29-33)7-6-19(28-21)18-12-16-13-31(4)30-23(16)22(27)24(18)36-15-35-5/h6-7,12-14,17H,8-11,15H2,1-5H3. The molecule has 0 spiro atoms. The van der Waals surface area contributed by atoms with E-state index < -0.39 is 11.4 Å². The molecule has 0 radical (unpaired) electrons. The normalized spacial score (nSPS) is 15.0. The van der Waals surface area contributed by atoms with E-state index in [0.29, 0.717) is 35.2 Å². The van der Waals surface area contributed by atoms with Crippen molar-refractivity contribution in [1.29, 1.82) is 0 Å². The van der Waals surface area contributed by atoms with Gasteiger partial charge in [-0.3, -0.25) is 9.36 Å². The zero-order valence-electron chi connectivity index (χ0n) is 21.7. The van der Waals surface area contributed by atoms with Crippen LogP contribution in [0.4, 0.5) is 9.18 Å². The van der Waals surface area contributed by atoms with Crippen molar-refractivity contribution in [3.63, 3.8) is 0 Å². The Balaban J connectivity index is 1.41. The van der Waals surface area contributed by atoms with Crippen molar-refractivity contribution < 1.29 is 23.4 Å². The van der Waals surface area contributed by atoms with Crippen molar-refractivity contribution in [2.45, 2.75) is 45.3 Å². The molecule has 196 valence electrons. The van der Waals surface area contributed by atoms with Gasteiger partial charge in [-0.15, -0.1) is 0 Å². The average molecular weight is 511 g/mol. The molecule has 4 heterocycles. The predicted molar refractivity (Wildman–Crippen MR) is 136 cm³/mol. The maximum atomic E-state index is 15.4. The van der Waals surface area contributed by atoms with E-state index in [4.69, 9.17) is 24.3 Å². The largest absolute Gasteiger partial charge is 0.464 e. The zero-order chi connectivity index (χ0) is 26.3. The fraction of sp³-hybridized carbons (Fsp3) is 0.462. The average Bonchev–Trinajstić information content (AvgIpc) is 3.45. The van der Waals surface area contributed by atoms with Gasteiger partial charge in [0.1, 0.15) is 22.2 Å². The number of hydrogen-bond acceptors (Lipinski definition) is 7. The number of carbonyl (C=O) groups is 1. The van der Waals surface area contributed by atoms with E-state index >= 15 is 4.39 Å². The molecule has 3 aromatic heterocycles. The number of rotatable bonds is 5. The van der Waals surface area contributed by atoms with Gasteiger partial charge in [0.15, 0.2) is 18.4 Å². The minimum absolute atomic E-state index is 0.0433. The summed E-state index contributed by atoms with van der Waals surface area (Å²) in [4.78, 5) is 18.9. The molecule has 0 unspecified atom stereocenters. The lowest BCUT2D eigenvalue weighted by atomic mass is 10.1. The fourth-order valence-electron chi connectivity index (χ4n) is 4.58. The number of amides is 1. The monoisotopic (exact) mass is 510 g/mol. The lowest BCUT2D eigenvalue weighted by Crippen LogP contribution is -2.42. The quantitative estimate of drug-likeness (QED) is 0.360. The molecule has 0 bridgehead atoms. The topological polar surface area (TPSA) is 96.5 Å². The Morgan fingerprint density at radius 2 is 1.89 bits per heavy atom. The first-order valence-electron chi connectivity index (χ1n) is 12.2. The number of aryl methyl sites for hydroxylation is 1. The molecule has 4 aromatic rings. The van der Waals surface area contributed by atoms with Crippen molar-refractivity contribution in [3.05, 3.63) is 36.4 Å². The Morgan fingerprint density at radius 3 is 2.59 bits per heavy atom. The Morgan fingerprint density at radius 1 is 1.14 bits per heavy atom. The van der Waals surface area contributed by atoms with Gasteiger partial charge in [-0.1, -0.05) is 0 Å². The summed E-state index contributed by atoms with van der Waals surface area (Å²) in [5.41, 5.74) is 2.20. The van der Waals surface area contributed by atoms with Crippen LogP contribution in [0.5, 0.6) is 5.75 Å². The van der Waals surface area contributed by atoms with E-state index in [1.54, 1.807) is 28.9 Å². The molecule has 1 aliphatic heterocycles. The third-order valence-electron chi connectivity index (χ3n) is 6.28. The third kappa shape index (κ3) is 5.08. The van der Waals surface area contributed by atoms with Crippen molar-refractivity contribution in [2.75, 3.05) is 27.0 Å². The Kier molecular flexibility index (Phi) is 6.49. The number of likely N-dealkylation sites (tertiary alicyclic amines) is 1. The third-order valence-corrected chi connectivity index (χ3v) is 6.28. The molecule has 10 nitrogen and oxygen atoms in total. The second-order valence-electron chi connectivity index (χ2n) is 10.3. The minimum Gasteiger partial charge on any atom is -0.464 e. The Bertz CT molecular complexity index is 1450. The van der Waals surface area contributed by atoms with E-state index in [9.17, 15) is 4.79 Å². The summed E-state index contributed by atoms with van der Waals surface area (Å²) in [6.45, 7) is 6.68. The van der Waals surface area contributed by atoms with Gasteiger partial charge in [-0.25, -0.2) is 14.2 Å². The second kappa shape index (κ2) is 9.62. The number of methoxy groups -OCH3 is 1. The van der Waals surface area contributed by atoms with Crippen molar-refractivity contribution in [1.82, 2.24) is 29.4 Å². The molecule has 1 aliphatic rings. The summed E-state index contributed by atoms with van der Waals surface area (Å²) >= 11 is 0. The van der Waals surface area contributed by atoms with E-state index in [-0.39, 0.29) is 30.2 Å². The van der Waals surface area contributed by atoms with E-state index in [2.05, 4.69) is 5.10 Å². The van der Waals surface area contributed by atoms with E-state index in [1.807, 2.05) is 43.8 Å². The van der Waals surface area contributed by atoms with Gasteiger partial charge in [0.25, 0.3) is 0 Å². The fourth-order valence-corrected chi connectivity index (χ4v) is 4.58. The number of ether oxygens (including phenoxy) is 3. The first-order chi connectivity index (χ1) is 17.6. The number of halogens is 1. The van der Waals surface area contributed by atoms with Crippen LogP contribution in [0.1, 0.15) is 39.7 Å². The first-order valence-corrected chi connectivity index (χ1v) is 12.2. The van der Waals surface area contributed by atoms with Crippen LogP contribution in [0.25, 0.3) is 33.2 Å². The summed E-state index contributed by atoms with van der Waals surface area (Å²) in [7, 11) is 3.22. The van der Waals surface area contributed by atoms with Gasteiger partial charge in [0, 0.05) is 44.4 Å². The predicted octanol–water partition coefficient (Wildman–Crippen LogP) is 4.68. The lowest BCUT2D eigenvalue weighted by molar-refractivity contribution is 0.0185. The Labute approximate surface area is 213 Å². The van der Waals surface area contributed by atoms with Crippen molar-refractivity contribution in [3.8, 4) is 17.0 Å². The summed E-state index contributed by atoms with van der Waals surface area (Å²) in [5, 5.41) is 9.58. The highest BCUT2D eigenvalue weighted by molar-refractivity contribution is 5.89. The van der Waals surface area contributed by atoms with Crippen LogP contribution >= 0.6 is 0 Å². The highest BCUT2D eigenvalue weighted by Gasteiger charge is 2.28. The molecule has 5 rings (SSSR count). The molecule has 0 N–H and O–H groups in total. The van der Waals surface area contributed by atoms with E-state index in [1.165, 1.54) is 7.11 Å². The van der Waals surface area contributed by atoms with Gasteiger partial charge in [0.2, 0.25) is 0 Å². The number of aromatic nitrogens is 5. The van der Waals surface area contributed by atoms with Gasteiger partial charge in [0.05, 0.1) is 17.9 Å². The zero-order valence-corrected chi connectivity index (χ0v) is 21.7. The van der Waals surface area contributed by atoms with Crippen molar-refractivity contribution >= 4 is 28.0 Å². The van der Waals surface area contributed by atoms with Gasteiger partial charge < -0.3 is 19.1 Å². The lowest BCUT2D eigenvalue weighted by Gasteiger charge is -2.33. The van der Waals surface area contributed by atoms with Gasteiger partial charge >= 0.3 is 6.09 Å². The molecule has 1 fully saturated rings. The highest BCUT2D eigenvalue weighted by atomic mass is 19.1. The Hall–Kier alpha value is -3.73. The van der Waals surface area contributed by atoms with Crippen LogP contribution in [0, 0.1) is 5.82 Å². The summed E-state index contributed by atoms with van der Waals surface area (Å²) in [5.74, 6) is -0.513. The molecule has 0 atom stereocenters. The molecule has 11 heteroatoms. The minimum atomic E-state index is -0.556. The number of carbonyl (C=O) groups excluding carboxylic acids is 1. The van der Waals surface area contributed by atoms with Crippen LogP contribution < -0.4 is 4.74 Å². The number of fused-ring (bicyclic) bond motifs is 2. The number of nitrogens with zero attached hydrogens (tertiary/aromatic N) is 6. The molecule has 1 amide bonds.